The highest BCUT2D eigenvalue weighted by Gasteiger charge is 2.35. The van der Waals surface area contributed by atoms with Crippen molar-refractivity contribution in [2.75, 3.05) is 38.4 Å². The molecular weight excluding hydrogens is 294 g/mol. The lowest BCUT2D eigenvalue weighted by atomic mass is 10.0. The van der Waals surface area contributed by atoms with Gasteiger partial charge < -0.3 is 19.1 Å². The van der Waals surface area contributed by atoms with E-state index in [0.29, 0.717) is 31.1 Å². The van der Waals surface area contributed by atoms with Crippen LogP contribution in [0.4, 0.5) is 0 Å². The first-order valence-electron chi connectivity index (χ1n) is 7.39. The van der Waals surface area contributed by atoms with Crippen LogP contribution in [-0.4, -0.2) is 67.5 Å². The van der Waals surface area contributed by atoms with Gasteiger partial charge in [0, 0.05) is 18.7 Å². The largest absolute Gasteiger partial charge is 0.468 e. The summed E-state index contributed by atoms with van der Waals surface area (Å²) in [6, 6.07) is 0.0411. The summed E-state index contributed by atoms with van der Waals surface area (Å²) in [6.45, 7) is 1.99. The number of hydrogen-bond donors (Lipinski definition) is 0. The van der Waals surface area contributed by atoms with E-state index in [9.17, 15) is 9.59 Å². The van der Waals surface area contributed by atoms with Crippen LogP contribution in [0, 0.1) is 0 Å². The number of carbonyl (C=O) groups excluding carboxylic acids is 2. The normalized spacial score (nSPS) is 23.3. The number of ether oxygens (including phenoxy) is 3. The smallest absolute Gasteiger partial charge is 0.315 e. The molecule has 2 aliphatic rings. The number of rotatable bonds is 6. The summed E-state index contributed by atoms with van der Waals surface area (Å²) in [4.78, 5) is 25.3. The molecule has 0 aromatic carbocycles. The summed E-state index contributed by atoms with van der Waals surface area (Å²) in [6.07, 6.45) is 3.24. The number of methoxy groups -OCH3 is 1. The molecule has 21 heavy (non-hydrogen) atoms. The first-order chi connectivity index (χ1) is 10.2. The average molecular weight is 317 g/mol. The predicted molar refractivity (Wildman–Crippen MR) is 79.0 cm³/mol. The first-order valence-corrected chi connectivity index (χ1v) is 8.55. The van der Waals surface area contributed by atoms with E-state index in [1.165, 1.54) is 18.9 Å². The Morgan fingerprint density at radius 3 is 2.76 bits per heavy atom. The average Bonchev–Trinajstić information content (AvgIpc) is 3.05. The van der Waals surface area contributed by atoms with Gasteiger partial charge in [0.05, 0.1) is 32.1 Å². The summed E-state index contributed by atoms with van der Waals surface area (Å²) in [5.74, 6) is 0.790. The van der Waals surface area contributed by atoms with Crippen LogP contribution in [0.1, 0.15) is 25.7 Å². The summed E-state index contributed by atoms with van der Waals surface area (Å²) in [5.41, 5.74) is 0. The number of carbonyl (C=O) groups is 2. The monoisotopic (exact) mass is 317 g/mol. The fourth-order valence-electron chi connectivity index (χ4n) is 2.67. The van der Waals surface area contributed by atoms with Crippen molar-refractivity contribution < 1.29 is 23.8 Å². The highest BCUT2D eigenvalue weighted by molar-refractivity contribution is 7.99. The lowest BCUT2D eigenvalue weighted by molar-refractivity contribution is -0.150. The molecule has 7 heteroatoms. The second-order valence-corrected chi connectivity index (χ2v) is 6.24. The minimum absolute atomic E-state index is 0.0411. The molecule has 1 atom stereocenters. The molecule has 2 fully saturated rings. The zero-order valence-electron chi connectivity index (χ0n) is 12.4. The number of likely N-dealkylation sites (tertiary alicyclic amines) is 1. The Labute approximate surface area is 129 Å². The predicted octanol–water partition coefficient (Wildman–Crippen LogP) is 1.04. The third-order valence-corrected chi connectivity index (χ3v) is 4.67. The van der Waals surface area contributed by atoms with E-state index >= 15 is 0 Å². The van der Waals surface area contributed by atoms with E-state index in [1.807, 2.05) is 4.90 Å². The van der Waals surface area contributed by atoms with E-state index < -0.39 is 0 Å². The van der Waals surface area contributed by atoms with Crippen molar-refractivity contribution in [3.8, 4) is 0 Å². The van der Waals surface area contributed by atoms with Gasteiger partial charge in [0.25, 0.3) is 0 Å². The first kappa shape index (κ1) is 16.6. The fraction of sp³-hybridized carbons (Fsp3) is 0.857. The van der Waals surface area contributed by atoms with E-state index in [2.05, 4.69) is 4.74 Å². The Kier molecular flexibility index (Phi) is 6.79. The third-order valence-electron chi connectivity index (χ3n) is 3.74. The van der Waals surface area contributed by atoms with Gasteiger partial charge in [-0.25, -0.2) is 0 Å². The van der Waals surface area contributed by atoms with Crippen LogP contribution < -0.4 is 0 Å². The van der Waals surface area contributed by atoms with Crippen molar-refractivity contribution in [3.05, 3.63) is 0 Å². The number of esters is 1. The maximum atomic E-state index is 12.4. The number of hydrogen-bond acceptors (Lipinski definition) is 6. The number of thioether (sulfide) groups is 1. The second-order valence-electron chi connectivity index (χ2n) is 5.14. The minimum atomic E-state index is -0.267. The number of amides is 1. The van der Waals surface area contributed by atoms with Gasteiger partial charge >= 0.3 is 5.97 Å². The van der Waals surface area contributed by atoms with Gasteiger partial charge in [-0.1, -0.05) is 0 Å². The molecule has 2 saturated heterocycles. The molecule has 6 nitrogen and oxygen atoms in total. The molecule has 2 aliphatic heterocycles. The Bertz CT molecular complexity index is 359. The molecule has 0 saturated carbocycles. The zero-order valence-corrected chi connectivity index (χ0v) is 13.2. The molecular formula is C14H23NO5S. The fourth-order valence-corrected chi connectivity index (χ4v) is 3.41. The maximum Gasteiger partial charge on any atom is 0.315 e. The molecule has 0 spiro atoms. The van der Waals surface area contributed by atoms with Crippen molar-refractivity contribution in [1.82, 2.24) is 4.90 Å². The van der Waals surface area contributed by atoms with Gasteiger partial charge in [-0.2, -0.15) is 0 Å². The molecule has 2 heterocycles. The molecule has 0 aliphatic carbocycles. The molecule has 0 aromatic heterocycles. The molecule has 2 rings (SSSR count). The second kappa shape index (κ2) is 8.60. The van der Waals surface area contributed by atoms with E-state index in [0.717, 1.165) is 25.8 Å². The highest BCUT2D eigenvalue weighted by atomic mass is 32.2. The van der Waals surface area contributed by atoms with Crippen molar-refractivity contribution in [1.29, 1.82) is 0 Å². The third kappa shape index (κ3) is 4.86. The number of piperidine rings is 1. The highest BCUT2D eigenvalue weighted by Crippen LogP contribution is 2.25. The summed E-state index contributed by atoms with van der Waals surface area (Å²) >= 11 is 1.43. The molecule has 0 N–H and O–H groups in total. The van der Waals surface area contributed by atoms with Crippen LogP contribution in [0.15, 0.2) is 0 Å². The maximum absolute atomic E-state index is 12.4. The Morgan fingerprint density at radius 1 is 1.29 bits per heavy atom. The van der Waals surface area contributed by atoms with Gasteiger partial charge in [0.1, 0.15) is 0 Å². The SMILES string of the molecule is COC(=O)CSCCC(=O)N1CCCCC1C1OCCO1. The van der Waals surface area contributed by atoms with Crippen LogP contribution in [0.3, 0.4) is 0 Å². The molecule has 0 aromatic rings. The molecule has 1 unspecified atom stereocenters. The Balaban J connectivity index is 1.77. The molecule has 0 bridgehead atoms. The van der Waals surface area contributed by atoms with Gasteiger partial charge in [-0.05, 0) is 19.3 Å². The summed E-state index contributed by atoms with van der Waals surface area (Å²) in [5, 5.41) is 0. The quantitative estimate of drug-likeness (QED) is 0.539. The van der Waals surface area contributed by atoms with Crippen molar-refractivity contribution in [2.24, 2.45) is 0 Å². The van der Waals surface area contributed by atoms with Crippen molar-refractivity contribution in [3.63, 3.8) is 0 Å². The Morgan fingerprint density at radius 2 is 2.05 bits per heavy atom. The van der Waals surface area contributed by atoms with E-state index in [4.69, 9.17) is 9.47 Å². The van der Waals surface area contributed by atoms with E-state index in [1.54, 1.807) is 0 Å². The van der Waals surface area contributed by atoms with Crippen molar-refractivity contribution in [2.45, 2.75) is 38.0 Å². The van der Waals surface area contributed by atoms with Crippen LogP contribution in [0.25, 0.3) is 0 Å². The van der Waals surface area contributed by atoms with Crippen LogP contribution in [-0.2, 0) is 23.8 Å². The molecule has 120 valence electrons. The lowest BCUT2D eigenvalue weighted by Crippen LogP contribution is -2.50. The lowest BCUT2D eigenvalue weighted by Gasteiger charge is -2.38. The minimum Gasteiger partial charge on any atom is -0.468 e. The topological polar surface area (TPSA) is 65.1 Å². The Hall–Kier alpha value is -0.790. The standard InChI is InChI=1S/C14H23NO5S/c1-18-13(17)10-21-9-5-12(16)15-6-3-2-4-11(15)14-19-7-8-20-14/h11,14H,2-10H2,1H3. The van der Waals surface area contributed by atoms with Crippen LogP contribution in [0.5, 0.6) is 0 Å². The zero-order chi connectivity index (χ0) is 15.1. The summed E-state index contributed by atoms with van der Waals surface area (Å²) in [7, 11) is 1.37. The molecule has 0 radical (unpaired) electrons. The van der Waals surface area contributed by atoms with Gasteiger partial charge in [0.2, 0.25) is 5.91 Å². The van der Waals surface area contributed by atoms with Crippen molar-refractivity contribution >= 4 is 23.6 Å². The van der Waals surface area contributed by atoms with Crippen LogP contribution in [0.2, 0.25) is 0 Å². The molecule has 1 amide bonds. The van der Waals surface area contributed by atoms with Gasteiger partial charge in [-0.3, -0.25) is 9.59 Å². The van der Waals surface area contributed by atoms with E-state index in [-0.39, 0.29) is 24.2 Å². The van der Waals surface area contributed by atoms with Crippen LogP contribution >= 0.6 is 11.8 Å². The van der Waals surface area contributed by atoms with Gasteiger partial charge in [-0.15, -0.1) is 11.8 Å². The van der Waals surface area contributed by atoms with Gasteiger partial charge in [0.15, 0.2) is 6.29 Å². The number of nitrogens with zero attached hydrogens (tertiary/aromatic N) is 1. The summed E-state index contributed by atoms with van der Waals surface area (Å²) < 4.78 is 15.7.